The fraction of sp³-hybridized carbons (Fsp3) is 0.300. The molecule has 0 spiro atoms. The highest BCUT2D eigenvalue weighted by molar-refractivity contribution is 6.11. The second kappa shape index (κ2) is 8.37. The average Bonchev–Trinajstić information content (AvgIpc) is 3.51. The van der Waals surface area contributed by atoms with Gasteiger partial charge in [0.1, 0.15) is 11.5 Å². The van der Waals surface area contributed by atoms with E-state index in [2.05, 4.69) is 4.99 Å². The molecule has 0 unspecified atom stereocenters. The maximum Gasteiger partial charge on any atom is 0.417 e. The molecule has 10 heteroatoms. The molecule has 4 nitrogen and oxygen atoms in total. The summed E-state index contributed by atoms with van der Waals surface area (Å²) >= 11 is 0. The van der Waals surface area contributed by atoms with Crippen molar-refractivity contribution in [2.75, 3.05) is 19.8 Å². The van der Waals surface area contributed by atoms with Gasteiger partial charge in [-0.05, 0) is 36.4 Å². The zero-order chi connectivity index (χ0) is 21.9. The molecule has 0 aliphatic carbocycles. The Balaban J connectivity index is 1.55. The summed E-state index contributed by atoms with van der Waals surface area (Å²) in [7, 11) is 0. The van der Waals surface area contributed by atoms with Gasteiger partial charge in [-0.25, -0.2) is 0 Å². The molecule has 0 bridgehead atoms. The number of nitrogens with one attached hydrogen (secondary N) is 1. The number of alkyl halides is 6. The molecule has 160 valence electrons. The number of hydrogen-bond acceptors (Lipinski definition) is 4. The van der Waals surface area contributed by atoms with Crippen LogP contribution < -0.4 is 9.47 Å². The molecule has 0 saturated heterocycles. The molecule has 1 aliphatic rings. The van der Waals surface area contributed by atoms with Crippen molar-refractivity contribution in [2.45, 2.75) is 18.8 Å². The third-order valence-electron chi connectivity index (χ3n) is 4.24. The van der Waals surface area contributed by atoms with Crippen LogP contribution in [0.3, 0.4) is 0 Å². The van der Waals surface area contributed by atoms with E-state index in [9.17, 15) is 26.3 Å². The van der Waals surface area contributed by atoms with Gasteiger partial charge in [0.05, 0.1) is 36.6 Å². The lowest BCUT2D eigenvalue weighted by atomic mass is 10.0. The molecular formula is C20H16F6N2O2. The number of benzene rings is 2. The van der Waals surface area contributed by atoms with Crippen LogP contribution in [0, 0.1) is 5.41 Å². The number of aliphatic imine (C=N–C) groups is 1. The van der Waals surface area contributed by atoms with Crippen LogP contribution in [0.4, 0.5) is 26.3 Å². The Morgan fingerprint density at radius 1 is 0.867 bits per heavy atom. The van der Waals surface area contributed by atoms with Crippen molar-refractivity contribution in [1.82, 2.24) is 0 Å². The summed E-state index contributed by atoms with van der Waals surface area (Å²) in [5.41, 5.74) is -1.65. The van der Waals surface area contributed by atoms with Gasteiger partial charge in [-0.2, -0.15) is 26.3 Å². The van der Waals surface area contributed by atoms with Crippen LogP contribution in [0.1, 0.15) is 28.7 Å². The average molecular weight is 430 g/mol. The molecule has 3 rings (SSSR count). The van der Waals surface area contributed by atoms with Gasteiger partial charge < -0.3 is 14.9 Å². The zero-order valence-electron chi connectivity index (χ0n) is 15.4. The maximum atomic E-state index is 13.2. The van der Waals surface area contributed by atoms with Crippen LogP contribution in [0.5, 0.6) is 11.5 Å². The lowest BCUT2D eigenvalue weighted by Crippen LogP contribution is -2.12. The molecule has 0 aromatic heterocycles. The van der Waals surface area contributed by atoms with E-state index in [0.29, 0.717) is 11.9 Å². The molecule has 1 aliphatic heterocycles. The Morgan fingerprint density at radius 2 is 1.40 bits per heavy atom. The third kappa shape index (κ3) is 5.31. The summed E-state index contributed by atoms with van der Waals surface area (Å²) in [4.78, 5) is 3.80. The van der Waals surface area contributed by atoms with Crippen LogP contribution in [0.2, 0.25) is 0 Å². The van der Waals surface area contributed by atoms with E-state index in [1.54, 1.807) is 0 Å². The number of halogens is 6. The Hall–Kier alpha value is -3.04. The Kier molecular flexibility index (Phi) is 6.04. The van der Waals surface area contributed by atoms with E-state index in [1.165, 1.54) is 18.2 Å². The van der Waals surface area contributed by atoms with Crippen molar-refractivity contribution >= 4 is 11.9 Å². The standard InChI is InChI=1S/C20H16F6N2O2/c21-19(22,23)16-8-13(3-2-12(16)10-27)29-6-1-7-30-14-4-5-15(18-11-28-18)17(9-14)20(24,25)26/h2-5,8-10,27H,1,6-7,11H2. The maximum absolute atomic E-state index is 13.2. The SMILES string of the molecule is N=Cc1ccc(OCCCOc2ccc(C3=NC3)c(C(F)(F)F)c2)cc1C(F)(F)F. The van der Waals surface area contributed by atoms with Gasteiger partial charge in [-0.1, -0.05) is 0 Å². The Morgan fingerprint density at radius 3 is 1.90 bits per heavy atom. The predicted octanol–water partition coefficient (Wildman–Crippen LogP) is 5.37. The minimum Gasteiger partial charge on any atom is -0.493 e. The van der Waals surface area contributed by atoms with Crippen LogP contribution in [-0.2, 0) is 12.4 Å². The van der Waals surface area contributed by atoms with E-state index >= 15 is 0 Å². The van der Waals surface area contributed by atoms with Gasteiger partial charge >= 0.3 is 12.4 Å². The first-order valence-corrected chi connectivity index (χ1v) is 8.82. The normalized spacial score (nSPS) is 13.6. The number of rotatable bonds is 8. The van der Waals surface area contributed by atoms with Crippen molar-refractivity contribution in [1.29, 1.82) is 5.41 Å². The smallest absolute Gasteiger partial charge is 0.417 e. The van der Waals surface area contributed by atoms with E-state index < -0.39 is 23.5 Å². The van der Waals surface area contributed by atoms with E-state index in [0.717, 1.165) is 18.2 Å². The summed E-state index contributed by atoms with van der Waals surface area (Å²) < 4.78 is 89.1. The minimum absolute atomic E-state index is 0.00223. The molecule has 1 N–H and O–H groups in total. The van der Waals surface area contributed by atoms with Crippen molar-refractivity contribution < 1.29 is 35.8 Å². The summed E-state index contributed by atoms with van der Waals surface area (Å²) in [5, 5.41) is 7.04. The van der Waals surface area contributed by atoms with Crippen molar-refractivity contribution in [3.63, 3.8) is 0 Å². The highest BCUT2D eigenvalue weighted by atomic mass is 19.4. The van der Waals surface area contributed by atoms with Crippen molar-refractivity contribution in [3.8, 4) is 11.5 Å². The lowest BCUT2D eigenvalue weighted by Gasteiger charge is -2.14. The van der Waals surface area contributed by atoms with Crippen molar-refractivity contribution in [3.05, 3.63) is 58.7 Å². The van der Waals surface area contributed by atoms with Crippen molar-refractivity contribution in [2.24, 2.45) is 4.99 Å². The third-order valence-corrected chi connectivity index (χ3v) is 4.24. The van der Waals surface area contributed by atoms with Gasteiger partial charge in [0.25, 0.3) is 0 Å². The summed E-state index contributed by atoms with van der Waals surface area (Å²) in [6, 6.07) is 6.87. The monoisotopic (exact) mass is 430 g/mol. The first-order chi connectivity index (χ1) is 14.1. The van der Waals surface area contributed by atoms with Gasteiger partial charge in [0.15, 0.2) is 0 Å². The summed E-state index contributed by atoms with van der Waals surface area (Å²) in [6.07, 6.45) is -8.31. The van der Waals surface area contributed by atoms with Crippen LogP contribution in [0.25, 0.3) is 0 Å². The van der Waals surface area contributed by atoms with Gasteiger partial charge in [-0.3, -0.25) is 4.99 Å². The largest absolute Gasteiger partial charge is 0.493 e. The fourth-order valence-electron chi connectivity index (χ4n) is 2.74. The van der Waals surface area contributed by atoms with Gasteiger partial charge in [-0.15, -0.1) is 0 Å². The van der Waals surface area contributed by atoms with Crippen LogP contribution >= 0.6 is 0 Å². The molecule has 30 heavy (non-hydrogen) atoms. The fourth-order valence-corrected chi connectivity index (χ4v) is 2.74. The topological polar surface area (TPSA) is 54.7 Å². The highest BCUT2D eigenvalue weighted by Gasteiger charge is 2.36. The van der Waals surface area contributed by atoms with Gasteiger partial charge in [0, 0.05) is 23.8 Å². The van der Waals surface area contributed by atoms with Gasteiger partial charge in [0.2, 0.25) is 0 Å². The Bertz CT molecular complexity index is 967. The molecule has 0 radical (unpaired) electrons. The highest BCUT2D eigenvalue weighted by Crippen LogP contribution is 2.36. The molecule has 0 saturated carbocycles. The summed E-state index contributed by atoms with van der Waals surface area (Å²) in [5.74, 6) is 0.00358. The second-order valence-corrected chi connectivity index (χ2v) is 6.41. The number of hydrogen-bond donors (Lipinski definition) is 1. The molecule has 0 fully saturated rings. The molecular weight excluding hydrogens is 414 g/mol. The first-order valence-electron chi connectivity index (χ1n) is 8.82. The van der Waals surface area contributed by atoms with E-state index in [-0.39, 0.29) is 48.8 Å². The molecule has 2 aromatic carbocycles. The predicted molar refractivity (Wildman–Crippen MR) is 97.8 cm³/mol. The van der Waals surface area contributed by atoms with Crippen LogP contribution in [-0.4, -0.2) is 31.7 Å². The molecule has 1 heterocycles. The zero-order valence-corrected chi connectivity index (χ0v) is 15.4. The molecule has 0 amide bonds. The lowest BCUT2D eigenvalue weighted by molar-refractivity contribution is -0.138. The summed E-state index contributed by atoms with van der Waals surface area (Å²) in [6.45, 7) is 0.308. The van der Waals surface area contributed by atoms with E-state index in [4.69, 9.17) is 14.9 Å². The Labute approximate surface area is 167 Å². The molecule has 0 atom stereocenters. The molecule has 2 aromatic rings. The quantitative estimate of drug-likeness (QED) is 0.348. The van der Waals surface area contributed by atoms with E-state index in [1.807, 2.05) is 0 Å². The number of nitrogens with zero attached hydrogens (tertiary/aromatic N) is 1. The van der Waals surface area contributed by atoms with Crippen LogP contribution in [0.15, 0.2) is 41.4 Å². The second-order valence-electron chi connectivity index (χ2n) is 6.41. The minimum atomic E-state index is -4.62. The first kappa shape index (κ1) is 21.7. The number of ether oxygens (including phenoxy) is 2.